The Kier molecular flexibility index (Phi) is 24.6. The number of aromatic nitrogens is 13. The monoisotopic (exact) mass is 1560 g/mol. The van der Waals surface area contributed by atoms with Gasteiger partial charge in [-0.05, 0) is 97.1 Å². The number of amides is 3. The molecule has 34 heteroatoms. The molecule has 12 rings (SSSR count). The predicted molar refractivity (Wildman–Crippen MR) is 357 cm³/mol. The number of hydrogen-bond donors (Lipinski definition) is 6. The van der Waals surface area contributed by atoms with E-state index in [2.05, 4.69) is 154 Å². The van der Waals surface area contributed by atoms with Crippen LogP contribution in [0, 0.1) is 23.3 Å². The van der Waals surface area contributed by atoms with Crippen molar-refractivity contribution >= 4 is 144 Å². The second-order valence-electron chi connectivity index (χ2n) is 18.5. The summed E-state index contributed by atoms with van der Waals surface area (Å²) in [5, 5.41) is 8.29. The van der Waals surface area contributed by atoms with Gasteiger partial charge in [-0.2, -0.15) is 0 Å². The van der Waals surface area contributed by atoms with Gasteiger partial charge >= 0.3 is 11.9 Å². The van der Waals surface area contributed by atoms with Crippen LogP contribution in [0.25, 0.3) is 44.8 Å². The van der Waals surface area contributed by atoms with E-state index in [9.17, 15) is 46.3 Å². The number of primary amides is 1. The number of H-pyrrole nitrogens is 1. The van der Waals surface area contributed by atoms with Gasteiger partial charge in [0.05, 0.1) is 47.4 Å². The molecule has 8 N–H and O–H groups in total. The van der Waals surface area contributed by atoms with Gasteiger partial charge in [0, 0.05) is 85.5 Å². The third-order valence-corrected chi connectivity index (χ3v) is 14.1. The minimum Gasteiger partial charge on any atom is -0.464 e. The average molecular weight is 1560 g/mol. The highest BCUT2D eigenvalue weighted by Gasteiger charge is 2.22. The fourth-order valence-electron chi connectivity index (χ4n) is 7.79. The van der Waals surface area contributed by atoms with Crippen molar-refractivity contribution in [3.8, 4) is 22.8 Å². The van der Waals surface area contributed by atoms with Crippen LogP contribution in [0.5, 0.6) is 0 Å². The van der Waals surface area contributed by atoms with Gasteiger partial charge in [0.1, 0.15) is 29.1 Å². The number of nitrogen functional groups attached to an aromatic ring is 1. The standard InChI is InChI=1S/C17H10BrFN6.C14H8BrFN2O.C13H9BrFN3O3.C12H8BrFN4O2.C6H7N3O2/c18-10-1-2-13(19)12(9-10)15-24-16-14(21-7-8-22-16)17(25-15)23-11-3-5-20-6-4-11;15-8-5-6-11(16)10(7-8)13-17-12-4-2-1-3-9(12)14(19)18-13;1-21-13(20)10-11(17-5-4-16-10)18-12(19)8-6-7(14)2-3-9(8)15;13-6-1-2-8(14)7(5-6)12(20)18-11-9(10(15)19)16-3-4-17-11;1-11-6(10)4-5(7)9-3-2-8-4/h1-9H,(H,20,22,23,24,25);1-7H,(H,17,18,19);2-6H,1H3,(H,17,18,19);1-5H,(H2,15,19)(H,17,18,20);2-3H,1H3,(H2,7,9). The maximum absolute atomic E-state index is 14.2. The molecule has 0 spiro atoms. The number of benzene rings is 5. The normalized spacial score (nSPS) is 10.3. The second-order valence-corrected chi connectivity index (χ2v) is 22.1. The maximum Gasteiger partial charge on any atom is 0.360 e. The molecule has 0 aliphatic rings. The summed E-state index contributed by atoms with van der Waals surface area (Å²) >= 11 is 12.9. The third-order valence-electron chi connectivity index (χ3n) is 12.2. The van der Waals surface area contributed by atoms with Crippen molar-refractivity contribution in [2.45, 2.75) is 0 Å². The van der Waals surface area contributed by atoms with E-state index in [-0.39, 0.29) is 74.0 Å². The Labute approximate surface area is 571 Å². The molecule has 484 valence electrons. The van der Waals surface area contributed by atoms with Crippen LogP contribution >= 0.6 is 63.7 Å². The van der Waals surface area contributed by atoms with Crippen molar-refractivity contribution < 1.29 is 51.0 Å². The molecular formula is C62H42Br4F4N18O8. The summed E-state index contributed by atoms with van der Waals surface area (Å²) in [7, 11) is 2.44. The number of methoxy groups -OCH3 is 2. The molecule has 3 amide bonds. The lowest BCUT2D eigenvalue weighted by Gasteiger charge is -2.10. The van der Waals surface area contributed by atoms with Gasteiger partial charge in [0.25, 0.3) is 23.3 Å². The van der Waals surface area contributed by atoms with E-state index in [1.165, 1.54) is 94.0 Å². The molecule has 0 aliphatic carbocycles. The minimum absolute atomic E-state index is 0.0509. The van der Waals surface area contributed by atoms with Crippen molar-refractivity contribution in [2.24, 2.45) is 5.73 Å². The average Bonchev–Trinajstić information content (AvgIpc) is 0.801. The Morgan fingerprint density at radius 1 is 0.500 bits per heavy atom. The number of halogens is 8. The number of anilines is 5. The van der Waals surface area contributed by atoms with Crippen LogP contribution in [-0.4, -0.2) is 109 Å². The number of fused-ring (bicyclic) bond motifs is 2. The zero-order chi connectivity index (χ0) is 69.0. The van der Waals surface area contributed by atoms with Crippen molar-refractivity contribution in [1.29, 1.82) is 0 Å². The summed E-state index contributed by atoms with van der Waals surface area (Å²) in [6.07, 6.45) is 14.3. The van der Waals surface area contributed by atoms with Crippen LogP contribution in [0.2, 0.25) is 0 Å². The Morgan fingerprint density at radius 3 is 1.56 bits per heavy atom. The van der Waals surface area contributed by atoms with E-state index in [4.69, 9.17) is 11.5 Å². The topological polar surface area (TPSA) is 379 Å². The first-order valence-corrected chi connectivity index (χ1v) is 30.0. The number of esters is 2. The van der Waals surface area contributed by atoms with E-state index in [1.807, 2.05) is 0 Å². The number of hydrogen-bond acceptors (Lipinski definition) is 22. The molecule has 0 atom stereocenters. The van der Waals surface area contributed by atoms with Crippen LogP contribution < -0.4 is 33.0 Å². The fourth-order valence-corrected chi connectivity index (χ4v) is 9.23. The SMILES string of the molecule is COC(=O)c1nccnc1N.COC(=O)c1nccnc1NC(=O)c1cc(Br)ccc1F.Fc1ccc(Br)cc1-c1nc(Nc2ccncc2)c2nccnc2n1.NC(=O)c1nccnc1NC(=O)c1cc(Br)ccc1F.O=c1[nH]c(-c2cc(Br)ccc2F)nc2ccccc12. The molecule has 0 bridgehead atoms. The number of nitrogens with two attached hydrogens (primary N) is 2. The molecule has 0 saturated carbocycles. The molecule has 0 radical (unpaired) electrons. The molecule has 0 saturated heterocycles. The first-order chi connectivity index (χ1) is 46.1. The second kappa shape index (κ2) is 33.5. The highest BCUT2D eigenvalue weighted by Crippen LogP contribution is 2.29. The molecule has 7 aromatic heterocycles. The highest BCUT2D eigenvalue weighted by molar-refractivity contribution is 9.11. The van der Waals surface area contributed by atoms with Crippen molar-refractivity contribution in [2.75, 3.05) is 35.9 Å². The number of carbonyl (C=O) groups excluding carboxylic acids is 5. The van der Waals surface area contributed by atoms with Gasteiger partial charge in [-0.1, -0.05) is 75.9 Å². The van der Waals surface area contributed by atoms with Gasteiger partial charge in [-0.3, -0.25) is 24.2 Å². The number of aromatic amines is 1. The summed E-state index contributed by atoms with van der Waals surface area (Å²) in [4.78, 5) is 120. The number of rotatable bonds is 11. The van der Waals surface area contributed by atoms with Crippen LogP contribution in [0.4, 0.5) is 46.5 Å². The van der Waals surface area contributed by atoms with E-state index < -0.39 is 52.9 Å². The number of carbonyl (C=O) groups is 5. The van der Waals surface area contributed by atoms with Gasteiger partial charge in [-0.25, -0.2) is 82.0 Å². The van der Waals surface area contributed by atoms with Gasteiger partial charge in [0.15, 0.2) is 57.3 Å². The van der Waals surface area contributed by atoms with E-state index >= 15 is 0 Å². The van der Waals surface area contributed by atoms with Crippen LogP contribution in [0.1, 0.15) is 52.2 Å². The van der Waals surface area contributed by atoms with Crippen LogP contribution in [0.3, 0.4) is 0 Å². The number of para-hydroxylation sites is 1. The van der Waals surface area contributed by atoms with Gasteiger partial charge in [-0.15, -0.1) is 0 Å². The largest absolute Gasteiger partial charge is 0.464 e. The highest BCUT2D eigenvalue weighted by atomic mass is 79.9. The zero-order valence-electron chi connectivity index (χ0n) is 49.0. The quantitative estimate of drug-likeness (QED) is 0.0517. The number of ether oxygens (including phenoxy) is 2. The van der Waals surface area contributed by atoms with Crippen LogP contribution in [0.15, 0.2) is 194 Å². The summed E-state index contributed by atoms with van der Waals surface area (Å²) in [6.45, 7) is 0. The predicted octanol–water partition coefficient (Wildman–Crippen LogP) is 11.6. The summed E-state index contributed by atoms with van der Waals surface area (Å²) in [5.41, 5.74) is 12.2. The molecule has 5 aromatic carbocycles. The molecular weight excluding hydrogens is 1520 g/mol. The Bertz CT molecular complexity index is 4940. The number of nitrogens with zero attached hydrogens (tertiary/aromatic N) is 12. The molecule has 96 heavy (non-hydrogen) atoms. The third kappa shape index (κ3) is 18.7. The Morgan fingerprint density at radius 2 is 0.979 bits per heavy atom. The molecule has 0 unspecified atom stereocenters. The molecule has 12 aromatic rings. The minimum atomic E-state index is -0.844. The number of nitrogens with one attached hydrogen (secondary N) is 4. The Hall–Kier alpha value is -11.4. The lowest BCUT2D eigenvalue weighted by molar-refractivity contribution is 0.0586. The van der Waals surface area contributed by atoms with Crippen molar-refractivity contribution in [1.82, 2.24) is 64.8 Å². The number of pyridine rings is 1. The van der Waals surface area contributed by atoms with Gasteiger partial charge in [0.2, 0.25) is 0 Å². The fraction of sp³-hybridized carbons (Fsp3) is 0.0323. The van der Waals surface area contributed by atoms with E-state index in [0.717, 1.165) is 26.8 Å². The molecule has 7 heterocycles. The summed E-state index contributed by atoms with van der Waals surface area (Å²) in [5.74, 6) is -5.17. The van der Waals surface area contributed by atoms with Crippen molar-refractivity contribution in [3.63, 3.8) is 0 Å². The lowest BCUT2D eigenvalue weighted by atomic mass is 10.2. The van der Waals surface area contributed by atoms with E-state index in [1.54, 1.807) is 79.3 Å². The summed E-state index contributed by atoms with van der Waals surface area (Å²) < 4.78 is 66.7. The lowest BCUT2D eigenvalue weighted by Crippen LogP contribution is -2.21. The molecule has 0 aliphatic heterocycles. The first-order valence-electron chi connectivity index (χ1n) is 26.9. The van der Waals surface area contributed by atoms with Crippen LogP contribution in [-0.2, 0) is 9.47 Å². The Balaban J connectivity index is 0.000000156. The maximum atomic E-state index is 14.2. The van der Waals surface area contributed by atoms with Gasteiger partial charge < -0.3 is 41.9 Å². The zero-order valence-corrected chi connectivity index (χ0v) is 55.3. The van der Waals surface area contributed by atoms with Crippen molar-refractivity contribution in [3.05, 3.63) is 251 Å². The molecule has 26 nitrogen and oxygen atoms in total. The molecule has 0 fully saturated rings. The first kappa shape index (κ1) is 70.5. The smallest absolute Gasteiger partial charge is 0.360 e. The van der Waals surface area contributed by atoms with E-state index in [0.29, 0.717) is 36.8 Å². The summed E-state index contributed by atoms with van der Waals surface area (Å²) in [6, 6.07) is 27.5.